The van der Waals surface area contributed by atoms with Crippen LogP contribution in [0, 0.1) is 0 Å². The van der Waals surface area contributed by atoms with Gasteiger partial charge in [0, 0.05) is 0 Å². The molecule has 2 N–H and O–H groups in total. The van der Waals surface area contributed by atoms with Crippen LogP contribution in [-0.4, -0.2) is 28.4 Å². The SMILES string of the molecule is NS(=O)(=O)c1cnc2ncncc2n1. The van der Waals surface area contributed by atoms with Crippen LogP contribution in [0.25, 0.3) is 11.2 Å². The zero-order valence-electron chi connectivity index (χ0n) is 6.82. The Morgan fingerprint density at radius 1 is 1.21 bits per heavy atom. The van der Waals surface area contributed by atoms with Crippen LogP contribution in [0.5, 0.6) is 0 Å². The standard InChI is InChI=1S/C6H5N5O2S/c7-14(12,13)5-2-9-6-4(11-5)1-8-3-10-6/h1-3H,(H2,7,12,13). The van der Waals surface area contributed by atoms with Gasteiger partial charge in [0.25, 0.3) is 10.0 Å². The van der Waals surface area contributed by atoms with E-state index in [4.69, 9.17) is 5.14 Å². The predicted molar refractivity (Wildman–Crippen MR) is 46.5 cm³/mol. The Morgan fingerprint density at radius 2 is 2.00 bits per heavy atom. The smallest absolute Gasteiger partial charge is 0.242 e. The molecule has 2 rings (SSSR count). The molecule has 0 fully saturated rings. The molecule has 7 nitrogen and oxygen atoms in total. The van der Waals surface area contributed by atoms with Crippen molar-refractivity contribution in [3.63, 3.8) is 0 Å². The van der Waals surface area contributed by atoms with Crippen molar-refractivity contribution in [3.05, 3.63) is 18.7 Å². The van der Waals surface area contributed by atoms with Gasteiger partial charge in [0.1, 0.15) is 11.8 Å². The first-order chi connectivity index (χ1) is 6.57. The van der Waals surface area contributed by atoms with E-state index in [1.54, 1.807) is 0 Å². The molecule has 8 heteroatoms. The number of fused-ring (bicyclic) bond motifs is 1. The molecule has 0 aliphatic heterocycles. The van der Waals surface area contributed by atoms with Crippen molar-refractivity contribution in [1.29, 1.82) is 0 Å². The average Bonchev–Trinajstić information content (AvgIpc) is 2.16. The topological polar surface area (TPSA) is 112 Å². The Balaban J connectivity index is 2.75. The maximum atomic E-state index is 10.9. The van der Waals surface area contributed by atoms with Crippen molar-refractivity contribution in [2.75, 3.05) is 0 Å². The van der Waals surface area contributed by atoms with Gasteiger partial charge in [0.2, 0.25) is 0 Å². The second kappa shape index (κ2) is 2.93. The third kappa shape index (κ3) is 1.52. The number of sulfonamides is 1. The number of nitrogens with zero attached hydrogens (tertiary/aromatic N) is 4. The fraction of sp³-hybridized carbons (Fsp3) is 0. The van der Waals surface area contributed by atoms with Crippen molar-refractivity contribution in [2.45, 2.75) is 5.03 Å². The lowest BCUT2D eigenvalue weighted by molar-refractivity contribution is 0.594. The Bertz CT molecular complexity index is 582. The van der Waals surface area contributed by atoms with Crippen molar-refractivity contribution in [2.24, 2.45) is 5.14 Å². The van der Waals surface area contributed by atoms with Gasteiger partial charge in [0.05, 0.1) is 12.4 Å². The number of rotatable bonds is 1. The summed E-state index contributed by atoms with van der Waals surface area (Å²) in [4.78, 5) is 15.0. The summed E-state index contributed by atoms with van der Waals surface area (Å²) < 4.78 is 21.8. The molecule has 2 aromatic rings. The first kappa shape index (κ1) is 8.91. The first-order valence-corrected chi connectivity index (χ1v) is 5.07. The Labute approximate surface area is 79.1 Å². The van der Waals surface area contributed by atoms with E-state index >= 15 is 0 Å². The highest BCUT2D eigenvalue weighted by atomic mass is 32.2. The molecule has 0 radical (unpaired) electrons. The van der Waals surface area contributed by atoms with Crippen molar-refractivity contribution in [3.8, 4) is 0 Å². The van der Waals surface area contributed by atoms with Gasteiger partial charge in [-0.25, -0.2) is 33.5 Å². The van der Waals surface area contributed by atoms with E-state index in [0.717, 1.165) is 6.20 Å². The predicted octanol–water partition coefficient (Wildman–Crippen LogP) is -0.933. The van der Waals surface area contributed by atoms with Crippen LogP contribution in [0.2, 0.25) is 0 Å². The number of nitrogens with two attached hydrogens (primary N) is 1. The zero-order chi connectivity index (χ0) is 10.2. The fourth-order valence-electron chi connectivity index (χ4n) is 0.895. The molecule has 14 heavy (non-hydrogen) atoms. The first-order valence-electron chi connectivity index (χ1n) is 3.53. The van der Waals surface area contributed by atoms with Gasteiger partial charge < -0.3 is 0 Å². The zero-order valence-corrected chi connectivity index (χ0v) is 7.64. The van der Waals surface area contributed by atoms with Gasteiger partial charge in [-0.1, -0.05) is 0 Å². The van der Waals surface area contributed by atoms with Crippen LogP contribution in [0.1, 0.15) is 0 Å². The van der Waals surface area contributed by atoms with E-state index in [1.165, 1.54) is 12.5 Å². The van der Waals surface area contributed by atoms with E-state index in [1.807, 2.05) is 0 Å². The lowest BCUT2D eigenvalue weighted by atomic mass is 10.5. The molecule has 0 spiro atoms. The van der Waals surface area contributed by atoms with Gasteiger partial charge >= 0.3 is 0 Å². The summed E-state index contributed by atoms with van der Waals surface area (Å²) in [7, 11) is -3.82. The molecule has 0 atom stereocenters. The number of hydrogen-bond acceptors (Lipinski definition) is 6. The summed E-state index contributed by atoms with van der Waals surface area (Å²) in [5.74, 6) is 0. The van der Waals surface area contributed by atoms with Gasteiger partial charge in [-0.15, -0.1) is 0 Å². The number of hydrogen-bond donors (Lipinski definition) is 1. The monoisotopic (exact) mass is 211 g/mol. The fourth-order valence-corrected chi connectivity index (χ4v) is 1.32. The van der Waals surface area contributed by atoms with E-state index in [2.05, 4.69) is 19.9 Å². The molecule has 0 saturated carbocycles. The average molecular weight is 211 g/mol. The summed E-state index contributed by atoms with van der Waals surface area (Å²) in [5.41, 5.74) is 0.617. The van der Waals surface area contributed by atoms with Crippen molar-refractivity contribution in [1.82, 2.24) is 19.9 Å². The highest BCUT2D eigenvalue weighted by Crippen LogP contribution is 2.06. The highest BCUT2D eigenvalue weighted by Gasteiger charge is 2.10. The second-order valence-corrected chi connectivity index (χ2v) is 3.99. The number of primary sulfonamides is 1. The minimum absolute atomic E-state index is 0.291. The molecule has 0 aromatic carbocycles. The molecule has 72 valence electrons. The van der Waals surface area contributed by atoms with Gasteiger partial charge in [-0.2, -0.15) is 0 Å². The normalized spacial score (nSPS) is 11.8. The van der Waals surface area contributed by atoms with Crippen LogP contribution in [0.4, 0.5) is 0 Å². The summed E-state index contributed by atoms with van der Waals surface area (Å²) in [6.07, 6.45) is 3.72. The maximum absolute atomic E-state index is 10.9. The van der Waals surface area contributed by atoms with Crippen molar-refractivity contribution >= 4 is 21.2 Å². The Hall–Kier alpha value is -1.67. The van der Waals surface area contributed by atoms with E-state index in [-0.39, 0.29) is 5.03 Å². The second-order valence-electron chi connectivity index (χ2n) is 2.48. The van der Waals surface area contributed by atoms with E-state index < -0.39 is 10.0 Å². The highest BCUT2D eigenvalue weighted by molar-refractivity contribution is 7.89. The Kier molecular flexibility index (Phi) is 1.86. The summed E-state index contributed by atoms with van der Waals surface area (Å²) in [6.45, 7) is 0. The maximum Gasteiger partial charge on any atom is 0.257 e. The molecular weight excluding hydrogens is 206 g/mol. The summed E-state index contributed by atoms with van der Waals surface area (Å²) >= 11 is 0. The third-order valence-electron chi connectivity index (χ3n) is 1.49. The van der Waals surface area contributed by atoms with Crippen LogP contribution < -0.4 is 5.14 Å². The minimum atomic E-state index is -3.82. The molecular formula is C6H5N5O2S. The van der Waals surface area contributed by atoms with Gasteiger partial charge in [0.15, 0.2) is 10.7 Å². The lowest BCUT2D eigenvalue weighted by Crippen LogP contribution is -2.14. The molecule has 0 amide bonds. The largest absolute Gasteiger partial charge is 0.257 e. The Morgan fingerprint density at radius 3 is 2.71 bits per heavy atom. The van der Waals surface area contributed by atoms with Crippen LogP contribution in [-0.2, 0) is 10.0 Å². The van der Waals surface area contributed by atoms with E-state index in [0.29, 0.717) is 11.2 Å². The molecule has 2 aromatic heterocycles. The van der Waals surface area contributed by atoms with Crippen molar-refractivity contribution < 1.29 is 8.42 Å². The summed E-state index contributed by atoms with van der Waals surface area (Å²) in [6, 6.07) is 0. The van der Waals surface area contributed by atoms with Crippen LogP contribution >= 0.6 is 0 Å². The van der Waals surface area contributed by atoms with Crippen LogP contribution in [0.3, 0.4) is 0 Å². The minimum Gasteiger partial charge on any atom is -0.242 e. The quantitative estimate of drug-likeness (QED) is 0.652. The molecule has 2 heterocycles. The van der Waals surface area contributed by atoms with Gasteiger partial charge in [-0.3, -0.25) is 0 Å². The van der Waals surface area contributed by atoms with Crippen LogP contribution in [0.15, 0.2) is 23.7 Å². The molecule has 0 aliphatic carbocycles. The van der Waals surface area contributed by atoms with Gasteiger partial charge in [-0.05, 0) is 0 Å². The number of aromatic nitrogens is 4. The lowest BCUT2D eigenvalue weighted by Gasteiger charge is -1.97. The molecule has 0 aliphatic rings. The molecule has 0 bridgehead atoms. The third-order valence-corrected chi connectivity index (χ3v) is 2.27. The van der Waals surface area contributed by atoms with E-state index in [9.17, 15) is 8.42 Å². The molecule has 0 unspecified atom stereocenters. The summed E-state index contributed by atoms with van der Waals surface area (Å²) in [5, 5.41) is 4.58. The molecule has 0 saturated heterocycles.